The SMILES string of the molecule is COc1ccccc1-c1c(C)nn2c(C)c(C(=O)Nc3ccc(F)c(Cl)c3)nnc12. The van der Waals surface area contributed by atoms with E-state index in [9.17, 15) is 9.18 Å². The summed E-state index contributed by atoms with van der Waals surface area (Å²) < 4.78 is 20.4. The number of anilines is 1. The number of benzene rings is 2. The van der Waals surface area contributed by atoms with Crippen molar-refractivity contribution < 1.29 is 13.9 Å². The summed E-state index contributed by atoms with van der Waals surface area (Å²) >= 11 is 5.78. The minimum absolute atomic E-state index is 0.0878. The van der Waals surface area contributed by atoms with Gasteiger partial charge in [0.2, 0.25) is 0 Å². The van der Waals surface area contributed by atoms with Crippen molar-refractivity contribution in [3.05, 3.63) is 70.4 Å². The van der Waals surface area contributed by atoms with Gasteiger partial charge >= 0.3 is 0 Å². The molecule has 0 unspecified atom stereocenters. The number of hydrogen-bond donors (Lipinski definition) is 1. The monoisotopic (exact) mass is 425 g/mol. The summed E-state index contributed by atoms with van der Waals surface area (Å²) in [7, 11) is 1.60. The van der Waals surface area contributed by atoms with Gasteiger partial charge in [-0.1, -0.05) is 29.8 Å². The molecule has 1 N–H and O–H groups in total. The van der Waals surface area contributed by atoms with E-state index >= 15 is 0 Å². The van der Waals surface area contributed by atoms with E-state index in [-0.39, 0.29) is 10.7 Å². The van der Waals surface area contributed by atoms with E-state index < -0.39 is 11.7 Å². The van der Waals surface area contributed by atoms with Gasteiger partial charge in [-0.15, -0.1) is 10.2 Å². The molecule has 2 aromatic heterocycles. The van der Waals surface area contributed by atoms with Gasteiger partial charge in [0.1, 0.15) is 11.6 Å². The molecule has 7 nitrogen and oxygen atoms in total. The van der Waals surface area contributed by atoms with Crippen LogP contribution in [0.4, 0.5) is 10.1 Å². The number of methoxy groups -OCH3 is 1. The van der Waals surface area contributed by atoms with Gasteiger partial charge < -0.3 is 10.1 Å². The number of aromatic nitrogens is 4. The second-order valence-electron chi connectivity index (χ2n) is 6.61. The fourth-order valence-corrected chi connectivity index (χ4v) is 3.43. The second kappa shape index (κ2) is 7.72. The van der Waals surface area contributed by atoms with Crippen molar-refractivity contribution in [1.82, 2.24) is 19.8 Å². The van der Waals surface area contributed by atoms with Crippen LogP contribution in [0.3, 0.4) is 0 Å². The Morgan fingerprint density at radius 1 is 1.17 bits per heavy atom. The third-order valence-electron chi connectivity index (χ3n) is 4.71. The zero-order chi connectivity index (χ0) is 21.4. The minimum atomic E-state index is -0.567. The van der Waals surface area contributed by atoms with Crippen LogP contribution in [0.2, 0.25) is 5.02 Å². The largest absolute Gasteiger partial charge is 0.496 e. The number of ether oxygens (including phenoxy) is 1. The van der Waals surface area contributed by atoms with Crippen LogP contribution in [0.5, 0.6) is 5.75 Å². The molecule has 0 bridgehead atoms. The van der Waals surface area contributed by atoms with E-state index in [0.29, 0.717) is 22.8 Å². The Balaban J connectivity index is 1.76. The highest BCUT2D eigenvalue weighted by Crippen LogP contribution is 2.34. The maximum atomic E-state index is 13.3. The lowest BCUT2D eigenvalue weighted by Crippen LogP contribution is -2.18. The molecular weight excluding hydrogens is 409 g/mol. The molecule has 152 valence electrons. The number of fused-ring (bicyclic) bond motifs is 1. The maximum Gasteiger partial charge on any atom is 0.278 e. The van der Waals surface area contributed by atoms with Crippen LogP contribution in [-0.2, 0) is 0 Å². The molecule has 0 fully saturated rings. The van der Waals surface area contributed by atoms with Crippen LogP contribution < -0.4 is 10.1 Å². The summed E-state index contributed by atoms with van der Waals surface area (Å²) in [5, 5.41) is 15.5. The number of nitrogens with zero attached hydrogens (tertiary/aromatic N) is 4. The lowest BCUT2D eigenvalue weighted by Gasteiger charge is -2.09. The van der Waals surface area contributed by atoms with Crippen molar-refractivity contribution in [2.75, 3.05) is 12.4 Å². The topological polar surface area (TPSA) is 81.4 Å². The Morgan fingerprint density at radius 3 is 2.67 bits per heavy atom. The van der Waals surface area contributed by atoms with E-state index in [1.165, 1.54) is 18.2 Å². The molecule has 0 atom stereocenters. The molecule has 0 aliphatic carbocycles. The Labute approximate surface area is 176 Å². The molecule has 9 heteroatoms. The fourth-order valence-electron chi connectivity index (χ4n) is 3.25. The lowest BCUT2D eigenvalue weighted by atomic mass is 10.1. The normalized spacial score (nSPS) is 11.0. The highest BCUT2D eigenvalue weighted by atomic mass is 35.5. The summed E-state index contributed by atoms with van der Waals surface area (Å²) in [6.07, 6.45) is 0. The number of carbonyl (C=O) groups is 1. The van der Waals surface area contributed by atoms with Crippen LogP contribution in [-0.4, -0.2) is 32.8 Å². The summed E-state index contributed by atoms with van der Waals surface area (Å²) in [5.41, 5.74) is 3.79. The van der Waals surface area contributed by atoms with Crippen LogP contribution >= 0.6 is 11.6 Å². The zero-order valence-corrected chi connectivity index (χ0v) is 17.2. The Hall–Kier alpha value is -3.52. The van der Waals surface area contributed by atoms with Crippen molar-refractivity contribution in [2.24, 2.45) is 0 Å². The number of carbonyl (C=O) groups excluding carboxylic acids is 1. The van der Waals surface area contributed by atoms with Gasteiger partial charge in [0.05, 0.1) is 29.1 Å². The first-order valence-corrected chi connectivity index (χ1v) is 9.41. The standard InChI is InChI=1S/C21H17ClFN5O2/c1-11-18(14-6-4-5-7-17(14)30-3)20-26-25-19(12(2)28(20)27-11)21(29)24-13-8-9-16(23)15(22)10-13/h4-10H,1-3H3,(H,24,29). The lowest BCUT2D eigenvalue weighted by molar-refractivity contribution is 0.102. The highest BCUT2D eigenvalue weighted by molar-refractivity contribution is 6.31. The molecule has 4 rings (SSSR count). The number of para-hydroxylation sites is 1. The number of amides is 1. The van der Waals surface area contributed by atoms with Gasteiger partial charge in [-0.2, -0.15) is 5.10 Å². The third-order valence-corrected chi connectivity index (χ3v) is 5.00. The molecule has 0 saturated carbocycles. The van der Waals surface area contributed by atoms with Gasteiger partial charge in [-0.05, 0) is 38.1 Å². The third kappa shape index (κ3) is 3.35. The quantitative estimate of drug-likeness (QED) is 0.522. The minimum Gasteiger partial charge on any atom is -0.496 e. The molecule has 2 heterocycles. The van der Waals surface area contributed by atoms with Crippen molar-refractivity contribution in [3.8, 4) is 16.9 Å². The smallest absolute Gasteiger partial charge is 0.278 e. The Morgan fingerprint density at radius 2 is 1.93 bits per heavy atom. The molecule has 0 spiro atoms. The first kappa shape index (κ1) is 19.8. The van der Waals surface area contributed by atoms with E-state index in [4.69, 9.17) is 16.3 Å². The van der Waals surface area contributed by atoms with Gasteiger partial charge in [0, 0.05) is 11.3 Å². The highest BCUT2D eigenvalue weighted by Gasteiger charge is 2.22. The number of nitrogens with one attached hydrogen (secondary N) is 1. The Bertz CT molecular complexity index is 1290. The van der Waals surface area contributed by atoms with Crippen molar-refractivity contribution in [3.63, 3.8) is 0 Å². The van der Waals surface area contributed by atoms with Crippen LogP contribution in [0.15, 0.2) is 42.5 Å². The molecule has 0 aliphatic heterocycles. The molecule has 2 aromatic carbocycles. The molecule has 1 amide bonds. The number of rotatable bonds is 4. The predicted octanol–water partition coefficient (Wildman–Crippen LogP) is 4.46. The van der Waals surface area contributed by atoms with E-state index in [2.05, 4.69) is 20.6 Å². The molecule has 0 saturated heterocycles. The van der Waals surface area contributed by atoms with E-state index in [0.717, 1.165) is 16.8 Å². The maximum absolute atomic E-state index is 13.3. The number of hydrogen-bond acceptors (Lipinski definition) is 5. The average Bonchev–Trinajstić information content (AvgIpc) is 3.07. The first-order valence-electron chi connectivity index (χ1n) is 9.03. The van der Waals surface area contributed by atoms with Crippen molar-refractivity contribution in [1.29, 1.82) is 0 Å². The van der Waals surface area contributed by atoms with E-state index in [1.807, 2.05) is 31.2 Å². The molecular formula is C21H17ClFN5O2. The van der Waals surface area contributed by atoms with Crippen LogP contribution in [0, 0.1) is 19.7 Å². The van der Waals surface area contributed by atoms with E-state index in [1.54, 1.807) is 18.5 Å². The van der Waals surface area contributed by atoms with Crippen molar-refractivity contribution in [2.45, 2.75) is 13.8 Å². The number of halogens is 2. The van der Waals surface area contributed by atoms with Gasteiger partial charge in [-0.3, -0.25) is 4.79 Å². The first-order chi connectivity index (χ1) is 14.4. The molecule has 0 radical (unpaired) electrons. The average molecular weight is 426 g/mol. The summed E-state index contributed by atoms with van der Waals surface area (Å²) in [4.78, 5) is 12.7. The second-order valence-corrected chi connectivity index (χ2v) is 7.02. The van der Waals surface area contributed by atoms with Gasteiger partial charge in [0.15, 0.2) is 11.3 Å². The summed E-state index contributed by atoms with van der Waals surface area (Å²) in [6, 6.07) is 11.5. The zero-order valence-electron chi connectivity index (χ0n) is 16.4. The molecule has 4 aromatic rings. The van der Waals surface area contributed by atoms with Gasteiger partial charge in [0.25, 0.3) is 5.91 Å². The molecule has 0 aliphatic rings. The summed E-state index contributed by atoms with van der Waals surface area (Å²) in [6.45, 7) is 3.59. The fraction of sp³-hybridized carbons (Fsp3) is 0.143. The predicted molar refractivity (Wildman–Crippen MR) is 112 cm³/mol. The van der Waals surface area contributed by atoms with Crippen LogP contribution in [0.25, 0.3) is 16.8 Å². The number of aryl methyl sites for hydroxylation is 2. The molecule has 30 heavy (non-hydrogen) atoms. The Kier molecular flexibility index (Phi) is 5.09. The van der Waals surface area contributed by atoms with Crippen LogP contribution in [0.1, 0.15) is 21.9 Å². The van der Waals surface area contributed by atoms with Gasteiger partial charge in [-0.25, -0.2) is 8.91 Å². The summed E-state index contributed by atoms with van der Waals surface area (Å²) in [5.74, 6) is -0.385. The van der Waals surface area contributed by atoms with Crippen molar-refractivity contribution >= 4 is 28.8 Å².